The molecule has 20 heavy (non-hydrogen) atoms. The Morgan fingerprint density at radius 2 is 2.30 bits per heavy atom. The van der Waals surface area contributed by atoms with Crippen LogP contribution in [0.2, 0.25) is 0 Å². The van der Waals surface area contributed by atoms with Crippen molar-refractivity contribution in [3.63, 3.8) is 0 Å². The molecule has 6 heteroatoms. The summed E-state index contributed by atoms with van der Waals surface area (Å²) >= 11 is 1.35. The van der Waals surface area contributed by atoms with Gasteiger partial charge in [0.15, 0.2) is 0 Å². The first-order valence-electron chi connectivity index (χ1n) is 6.89. The quantitative estimate of drug-likeness (QED) is 0.830. The molecule has 1 aromatic rings. The zero-order valence-electron chi connectivity index (χ0n) is 11.5. The highest BCUT2D eigenvalue weighted by Gasteiger charge is 2.31. The van der Waals surface area contributed by atoms with E-state index >= 15 is 0 Å². The zero-order valence-corrected chi connectivity index (χ0v) is 12.4. The predicted octanol–water partition coefficient (Wildman–Crippen LogP) is 1.24. The molecule has 1 atom stereocenters. The van der Waals surface area contributed by atoms with Gasteiger partial charge in [-0.2, -0.15) is 0 Å². The van der Waals surface area contributed by atoms with Gasteiger partial charge in [0.05, 0.1) is 11.5 Å². The molecule has 1 aromatic heterocycles. The number of carbonyl (C=O) groups is 2. The van der Waals surface area contributed by atoms with Crippen LogP contribution in [-0.2, 0) is 4.79 Å². The van der Waals surface area contributed by atoms with Crippen LogP contribution in [0.3, 0.4) is 0 Å². The van der Waals surface area contributed by atoms with E-state index in [1.165, 1.54) is 11.3 Å². The number of rotatable bonds is 6. The van der Waals surface area contributed by atoms with Crippen molar-refractivity contribution < 1.29 is 14.7 Å². The second kappa shape index (κ2) is 6.85. The lowest BCUT2D eigenvalue weighted by Crippen LogP contribution is -2.53. The van der Waals surface area contributed by atoms with Crippen LogP contribution >= 0.6 is 11.3 Å². The van der Waals surface area contributed by atoms with E-state index in [0.29, 0.717) is 11.4 Å². The molecule has 1 unspecified atom stereocenters. The van der Waals surface area contributed by atoms with Crippen LogP contribution in [0, 0.1) is 0 Å². The second-order valence-corrected chi connectivity index (χ2v) is 5.96. The van der Waals surface area contributed by atoms with Gasteiger partial charge in [-0.3, -0.25) is 9.59 Å². The van der Waals surface area contributed by atoms with Crippen LogP contribution in [0.25, 0.3) is 0 Å². The van der Waals surface area contributed by atoms with Crippen LogP contribution in [0.1, 0.15) is 35.9 Å². The molecule has 1 saturated carbocycles. The Hall–Kier alpha value is -1.40. The summed E-state index contributed by atoms with van der Waals surface area (Å²) in [6, 6.07) is 3.18. The minimum Gasteiger partial charge on any atom is -0.395 e. The maximum atomic E-state index is 12.4. The third-order valence-electron chi connectivity index (χ3n) is 3.60. The first-order valence-corrected chi connectivity index (χ1v) is 7.77. The fourth-order valence-corrected chi connectivity index (χ4v) is 2.89. The summed E-state index contributed by atoms with van der Waals surface area (Å²) in [5, 5.41) is 13.6. The fraction of sp³-hybridized carbons (Fsp3) is 0.571. The molecular formula is C14H20N2O3S. The van der Waals surface area contributed by atoms with Crippen molar-refractivity contribution in [3.8, 4) is 0 Å². The zero-order chi connectivity index (χ0) is 14.5. The van der Waals surface area contributed by atoms with Gasteiger partial charge in [-0.05, 0) is 37.6 Å². The van der Waals surface area contributed by atoms with Crippen molar-refractivity contribution >= 4 is 23.2 Å². The lowest BCUT2D eigenvalue weighted by Gasteiger charge is -2.38. The highest BCUT2D eigenvalue weighted by Crippen LogP contribution is 2.25. The molecule has 1 fully saturated rings. The molecule has 2 amide bonds. The number of nitrogens with zero attached hydrogens (tertiary/aromatic N) is 1. The maximum absolute atomic E-state index is 12.4. The van der Waals surface area contributed by atoms with Crippen molar-refractivity contribution in [3.05, 3.63) is 22.4 Å². The largest absolute Gasteiger partial charge is 0.395 e. The molecule has 0 aliphatic heterocycles. The summed E-state index contributed by atoms with van der Waals surface area (Å²) in [6.07, 6.45) is 3.09. The topological polar surface area (TPSA) is 69.6 Å². The molecule has 0 radical (unpaired) electrons. The summed E-state index contributed by atoms with van der Waals surface area (Å²) in [7, 11) is 0. The van der Waals surface area contributed by atoms with Gasteiger partial charge in [0.25, 0.3) is 5.91 Å². The van der Waals surface area contributed by atoms with Gasteiger partial charge in [-0.1, -0.05) is 6.07 Å². The van der Waals surface area contributed by atoms with Gasteiger partial charge in [0.1, 0.15) is 6.04 Å². The SMILES string of the molecule is CC(NC(=O)c1cccs1)C(=O)N(CCO)C1CCC1. The first kappa shape index (κ1) is 15.0. The minimum absolute atomic E-state index is 0.0478. The highest BCUT2D eigenvalue weighted by molar-refractivity contribution is 7.12. The predicted molar refractivity (Wildman–Crippen MR) is 77.7 cm³/mol. The Labute approximate surface area is 122 Å². The van der Waals surface area contributed by atoms with Crippen molar-refractivity contribution in [2.24, 2.45) is 0 Å². The molecule has 2 N–H and O–H groups in total. The van der Waals surface area contributed by atoms with Crippen molar-refractivity contribution in [2.45, 2.75) is 38.3 Å². The van der Waals surface area contributed by atoms with E-state index in [0.717, 1.165) is 19.3 Å². The molecule has 1 heterocycles. The summed E-state index contributed by atoms with van der Waals surface area (Å²) in [4.78, 5) is 26.6. The van der Waals surface area contributed by atoms with E-state index in [1.807, 2.05) is 5.38 Å². The van der Waals surface area contributed by atoms with Gasteiger partial charge in [0, 0.05) is 12.6 Å². The maximum Gasteiger partial charge on any atom is 0.261 e. The Kier molecular flexibility index (Phi) is 5.14. The Bertz CT molecular complexity index is 457. The van der Waals surface area contributed by atoms with Crippen molar-refractivity contribution in [2.75, 3.05) is 13.2 Å². The summed E-state index contributed by atoms with van der Waals surface area (Å²) in [5.41, 5.74) is 0. The number of aliphatic hydroxyl groups is 1. The van der Waals surface area contributed by atoms with Crippen LogP contribution in [0.15, 0.2) is 17.5 Å². The second-order valence-electron chi connectivity index (χ2n) is 5.01. The molecule has 0 bridgehead atoms. The number of carbonyl (C=O) groups excluding carboxylic acids is 2. The van der Waals surface area contributed by atoms with Gasteiger partial charge in [0.2, 0.25) is 5.91 Å². The number of amides is 2. The summed E-state index contributed by atoms with van der Waals surface area (Å²) in [5.74, 6) is -0.341. The van der Waals surface area contributed by atoms with Crippen LogP contribution in [0.5, 0.6) is 0 Å². The van der Waals surface area contributed by atoms with E-state index in [2.05, 4.69) is 5.32 Å². The number of hydrogen-bond donors (Lipinski definition) is 2. The molecule has 0 aromatic carbocycles. The average Bonchev–Trinajstić information content (AvgIpc) is 2.89. The van der Waals surface area contributed by atoms with Crippen molar-refractivity contribution in [1.82, 2.24) is 10.2 Å². The molecule has 0 saturated heterocycles. The lowest BCUT2D eigenvalue weighted by molar-refractivity contribution is -0.137. The molecule has 110 valence electrons. The molecule has 1 aliphatic rings. The monoisotopic (exact) mass is 296 g/mol. The minimum atomic E-state index is -0.572. The lowest BCUT2D eigenvalue weighted by atomic mass is 9.91. The van der Waals surface area contributed by atoms with E-state index in [4.69, 9.17) is 5.11 Å². The number of nitrogens with one attached hydrogen (secondary N) is 1. The third kappa shape index (κ3) is 3.37. The van der Waals surface area contributed by atoms with Gasteiger partial charge in [-0.15, -0.1) is 11.3 Å². The smallest absolute Gasteiger partial charge is 0.261 e. The van der Waals surface area contributed by atoms with Gasteiger partial charge in [-0.25, -0.2) is 0 Å². The molecule has 5 nitrogen and oxygen atoms in total. The Morgan fingerprint density at radius 1 is 1.55 bits per heavy atom. The number of thiophene rings is 1. The van der Waals surface area contributed by atoms with E-state index in [1.54, 1.807) is 24.0 Å². The fourth-order valence-electron chi connectivity index (χ4n) is 2.26. The van der Waals surface area contributed by atoms with Crippen LogP contribution in [-0.4, -0.2) is 47.1 Å². The summed E-state index contributed by atoms with van der Waals surface area (Å²) in [6.45, 7) is 1.98. The number of hydrogen-bond acceptors (Lipinski definition) is 4. The summed E-state index contributed by atoms with van der Waals surface area (Å²) < 4.78 is 0. The Balaban J connectivity index is 1.94. The first-order chi connectivity index (χ1) is 9.63. The Morgan fingerprint density at radius 3 is 2.80 bits per heavy atom. The van der Waals surface area contributed by atoms with E-state index in [-0.39, 0.29) is 24.5 Å². The van der Waals surface area contributed by atoms with E-state index in [9.17, 15) is 9.59 Å². The highest BCUT2D eigenvalue weighted by atomic mass is 32.1. The molecular weight excluding hydrogens is 276 g/mol. The molecule has 1 aliphatic carbocycles. The van der Waals surface area contributed by atoms with Crippen molar-refractivity contribution in [1.29, 1.82) is 0 Å². The number of aliphatic hydroxyl groups excluding tert-OH is 1. The molecule has 0 spiro atoms. The van der Waals surface area contributed by atoms with Gasteiger partial charge < -0.3 is 15.3 Å². The van der Waals surface area contributed by atoms with E-state index < -0.39 is 6.04 Å². The standard InChI is InChI=1S/C14H20N2O3S/c1-10(15-13(18)12-6-3-9-20-12)14(19)16(7-8-17)11-4-2-5-11/h3,6,9-11,17H,2,4-5,7-8H2,1H3,(H,15,18). The van der Waals surface area contributed by atoms with Crippen LogP contribution in [0.4, 0.5) is 0 Å². The molecule has 2 rings (SSSR count). The van der Waals surface area contributed by atoms with Gasteiger partial charge >= 0.3 is 0 Å². The normalized spacial score (nSPS) is 16.3. The third-order valence-corrected chi connectivity index (χ3v) is 4.47. The average molecular weight is 296 g/mol. The van der Waals surface area contributed by atoms with Crippen LogP contribution < -0.4 is 5.32 Å².